The van der Waals surface area contributed by atoms with Crippen LogP contribution in [0.25, 0.3) is 0 Å². The summed E-state index contributed by atoms with van der Waals surface area (Å²) in [6.45, 7) is 1.32. The fraction of sp³-hybridized carbons (Fsp3) is 0.200. The molecule has 0 aromatic heterocycles. The number of ether oxygens (including phenoxy) is 1. The molecule has 106 valence electrons. The van der Waals surface area contributed by atoms with Crippen molar-refractivity contribution in [2.75, 3.05) is 12.4 Å². The number of halogens is 3. The van der Waals surface area contributed by atoms with Gasteiger partial charge in [-0.3, -0.25) is 0 Å². The van der Waals surface area contributed by atoms with Crippen LogP contribution in [-0.2, 0) is 5.79 Å². The molecule has 2 aromatic carbocycles. The van der Waals surface area contributed by atoms with E-state index in [4.69, 9.17) is 16.3 Å². The average Bonchev–Trinajstić information content (AvgIpc) is 2.41. The van der Waals surface area contributed by atoms with Gasteiger partial charge in [-0.2, -0.15) is 0 Å². The Bertz CT molecular complexity index is 599. The molecular weight excluding hydrogens is 284 g/mol. The van der Waals surface area contributed by atoms with E-state index in [1.54, 1.807) is 30.3 Å². The van der Waals surface area contributed by atoms with Gasteiger partial charge in [-0.05, 0) is 31.2 Å². The highest BCUT2D eigenvalue weighted by Crippen LogP contribution is 2.30. The van der Waals surface area contributed by atoms with Gasteiger partial charge in [0, 0.05) is 16.7 Å². The summed E-state index contributed by atoms with van der Waals surface area (Å²) in [6, 6.07) is 10.5. The van der Waals surface area contributed by atoms with Crippen molar-refractivity contribution in [2.45, 2.75) is 12.7 Å². The fourth-order valence-electron chi connectivity index (χ4n) is 1.81. The van der Waals surface area contributed by atoms with E-state index < -0.39 is 11.6 Å². The Hall–Kier alpha value is -1.81. The Kier molecular flexibility index (Phi) is 4.14. The number of alkyl halides is 1. The van der Waals surface area contributed by atoms with E-state index in [-0.39, 0.29) is 5.69 Å². The molecule has 2 nitrogen and oxygen atoms in total. The molecule has 0 bridgehead atoms. The molecule has 2 aromatic rings. The molecule has 0 spiro atoms. The SMILES string of the molecule is COc1ccc(NC(C)(F)c2ccc(Cl)cc2)c(F)c1. The fourth-order valence-corrected chi connectivity index (χ4v) is 1.94. The molecule has 0 heterocycles. The van der Waals surface area contributed by atoms with Crippen molar-refractivity contribution in [3.05, 3.63) is 58.9 Å². The number of hydrogen-bond acceptors (Lipinski definition) is 2. The molecule has 0 aliphatic rings. The van der Waals surface area contributed by atoms with Gasteiger partial charge < -0.3 is 10.1 Å². The van der Waals surface area contributed by atoms with Crippen LogP contribution in [0.5, 0.6) is 5.75 Å². The summed E-state index contributed by atoms with van der Waals surface area (Å²) in [6.07, 6.45) is 0. The van der Waals surface area contributed by atoms with Crippen LogP contribution in [0.2, 0.25) is 5.02 Å². The lowest BCUT2D eigenvalue weighted by Gasteiger charge is -2.24. The number of methoxy groups -OCH3 is 1. The summed E-state index contributed by atoms with van der Waals surface area (Å²) in [7, 11) is 1.44. The highest BCUT2D eigenvalue weighted by Gasteiger charge is 2.26. The van der Waals surface area contributed by atoms with Crippen molar-refractivity contribution in [1.29, 1.82) is 0 Å². The van der Waals surface area contributed by atoms with Crippen LogP contribution in [0.1, 0.15) is 12.5 Å². The third kappa shape index (κ3) is 3.20. The maximum atomic E-state index is 14.7. The zero-order chi connectivity index (χ0) is 14.8. The van der Waals surface area contributed by atoms with E-state index in [0.717, 1.165) is 0 Å². The summed E-state index contributed by atoms with van der Waals surface area (Å²) >= 11 is 5.76. The molecule has 0 saturated heterocycles. The lowest BCUT2D eigenvalue weighted by molar-refractivity contribution is 0.233. The van der Waals surface area contributed by atoms with Gasteiger partial charge in [0.15, 0.2) is 0 Å². The molecule has 0 saturated carbocycles. The Morgan fingerprint density at radius 2 is 1.80 bits per heavy atom. The number of benzene rings is 2. The predicted octanol–water partition coefficient (Wildman–Crippen LogP) is 4.74. The second-order valence-electron chi connectivity index (χ2n) is 4.48. The van der Waals surface area contributed by atoms with E-state index >= 15 is 0 Å². The summed E-state index contributed by atoms with van der Waals surface area (Å²) in [4.78, 5) is 0. The van der Waals surface area contributed by atoms with Gasteiger partial charge in [-0.1, -0.05) is 23.7 Å². The van der Waals surface area contributed by atoms with Gasteiger partial charge in [0.05, 0.1) is 12.8 Å². The minimum atomic E-state index is -1.92. The van der Waals surface area contributed by atoms with Crippen LogP contribution in [0.3, 0.4) is 0 Å². The van der Waals surface area contributed by atoms with E-state index in [9.17, 15) is 8.78 Å². The number of nitrogens with one attached hydrogen (secondary N) is 1. The van der Waals surface area contributed by atoms with Crippen molar-refractivity contribution in [3.63, 3.8) is 0 Å². The molecular formula is C15H14ClF2NO. The van der Waals surface area contributed by atoms with Crippen molar-refractivity contribution in [3.8, 4) is 5.75 Å². The maximum absolute atomic E-state index is 14.7. The van der Waals surface area contributed by atoms with Gasteiger partial charge in [-0.15, -0.1) is 0 Å². The van der Waals surface area contributed by atoms with Crippen molar-refractivity contribution >= 4 is 17.3 Å². The average molecular weight is 298 g/mol. The Labute approximate surface area is 121 Å². The standard InChI is InChI=1S/C15H14ClF2NO/c1-15(18,10-3-5-11(16)6-4-10)19-14-8-7-12(20-2)9-13(14)17/h3-9,19H,1-2H3. The molecule has 0 aliphatic carbocycles. The zero-order valence-corrected chi connectivity index (χ0v) is 11.8. The second-order valence-corrected chi connectivity index (χ2v) is 4.92. The monoisotopic (exact) mass is 297 g/mol. The molecule has 5 heteroatoms. The Balaban J connectivity index is 2.25. The topological polar surface area (TPSA) is 21.3 Å². The smallest absolute Gasteiger partial charge is 0.203 e. The molecule has 2 rings (SSSR count). The lowest BCUT2D eigenvalue weighted by Crippen LogP contribution is -2.26. The predicted molar refractivity (Wildman–Crippen MR) is 76.5 cm³/mol. The van der Waals surface area contributed by atoms with Gasteiger partial charge in [0.25, 0.3) is 0 Å². The van der Waals surface area contributed by atoms with Gasteiger partial charge in [-0.25, -0.2) is 8.78 Å². The normalized spacial score (nSPS) is 13.7. The minimum absolute atomic E-state index is 0.0609. The quantitative estimate of drug-likeness (QED) is 0.823. The first-order valence-electron chi connectivity index (χ1n) is 5.99. The summed E-state index contributed by atoms with van der Waals surface area (Å²) in [5.41, 5.74) is 0.419. The first-order chi connectivity index (χ1) is 9.42. The number of hydrogen-bond donors (Lipinski definition) is 1. The molecule has 1 atom stereocenters. The highest BCUT2D eigenvalue weighted by molar-refractivity contribution is 6.30. The number of rotatable bonds is 4. The summed E-state index contributed by atoms with van der Waals surface area (Å²) in [5.74, 6) is -2.12. The summed E-state index contributed by atoms with van der Waals surface area (Å²) < 4.78 is 33.4. The van der Waals surface area contributed by atoms with E-state index in [0.29, 0.717) is 16.3 Å². The molecule has 0 radical (unpaired) electrons. The van der Waals surface area contributed by atoms with Crippen LogP contribution in [-0.4, -0.2) is 7.11 Å². The molecule has 1 unspecified atom stereocenters. The minimum Gasteiger partial charge on any atom is -0.497 e. The Morgan fingerprint density at radius 3 is 2.35 bits per heavy atom. The third-order valence-corrected chi connectivity index (χ3v) is 3.18. The molecule has 0 fully saturated rings. The third-order valence-electron chi connectivity index (χ3n) is 2.93. The molecule has 20 heavy (non-hydrogen) atoms. The van der Waals surface area contributed by atoms with Crippen LogP contribution in [0.4, 0.5) is 14.5 Å². The van der Waals surface area contributed by atoms with Crippen LogP contribution in [0, 0.1) is 5.82 Å². The van der Waals surface area contributed by atoms with Gasteiger partial charge >= 0.3 is 0 Å². The van der Waals surface area contributed by atoms with E-state index in [1.807, 2.05) is 0 Å². The zero-order valence-electron chi connectivity index (χ0n) is 11.1. The van der Waals surface area contributed by atoms with Crippen molar-refractivity contribution in [1.82, 2.24) is 0 Å². The Morgan fingerprint density at radius 1 is 1.15 bits per heavy atom. The lowest BCUT2D eigenvalue weighted by atomic mass is 10.1. The summed E-state index contributed by atoms with van der Waals surface area (Å²) in [5, 5.41) is 3.05. The van der Waals surface area contributed by atoms with Crippen LogP contribution < -0.4 is 10.1 Å². The first kappa shape index (κ1) is 14.6. The molecule has 0 amide bonds. The molecule has 1 N–H and O–H groups in total. The number of anilines is 1. The van der Waals surface area contributed by atoms with Crippen LogP contribution >= 0.6 is 11.6 Å². The molecule has 0 aliphatic heterocycles. The first-order valence-corrected chi connectivity index (χ1v) is 6.37. The largest absolute Gasteiger partial charge is 0.497 e. The second kappa shape index (κ2) is 5.67. The van der Waals surface area contributed by atoms with Gasteiger partial charge in [0.2, 0.25) is 5.79 Å². The maximum Gasteiger partial charge on any atom is 0.203 e. The highest BCUT2D eigenvalue weighted by atomic mass is 35.5. The van der Waals surface area contributed by atoms with E-state index in [1.165, 1.54) is 26.2 Å². The van der Waals surface area contributed by atoms with E-state index in [2.05, 4.69) is 5.32 Å². The van der Waals surface area contributed by atoms with Gasteiger partial charge in [0.1, 0.15) is 11.6 Å². The van der Waals surface area contributed by atoms with Crippen molar-refractivity contribution < 1.29 is 13.5 Å². The van der Waals surface area contributed by atoms with Crippen LogP contribution in [0.15, 0.2) is 42.5 Å². The van der Waals surface area contributed by atoms with Crippen molar-refractivity contribution in [2.24, 2.45) is 0 Å².